The Morgan fingerprint density at radius 3 is 1.63 bits per heavy atom. The molecule has 1 aliphatic heterocycles. The van der Waals surface area contributed by atoms with Crippen LogP contribution in [0.1, 0.15) is 16.7 Å². The lowest BCUT2D eigenvalue weighted by Gasteiger charge is -2.39. The van der Waals surface area contributed by atoms with Gasteiger partial charge in [-0.05, 0) is 22.8 Å². The van der Waals surface area contributed by atoms with Gasteiger partial charge in [-0.3, -0.25) is 4.18 Å². The number of hydrogen-bond donors (Lipinski definition) is 0. The summed E-state index contributed by atoms with van der Waals surface area (Å²) >= 11 is 0. The monoisotopic (exact) mass is 548 g/mol. The highest BCUT2D eigenvalue weighted by atomic mass is 32.2. The summed E-state index contributed by atoms with van der Waals surface area (Å²) in [6.07, 6.45) is -8.09. The first-order chi connectivity index (χ1) is 18.0. The SMILES string of the molecule is CO[C@H]1O[C@H](COC(c2ccccc2)(c2ccccc2)c2ccccc2)C(C(F)(F)F)=C[C@H]1OS(C)(=O)=O. The van der Waals surface area contributed by atoms with E-state index in [1.165, 1.54) is 7.11 Å². The van der Waals surface area contributed by atoms with E-state index in [-0.39, 0.29) is 0 Å². The molecule has 0 N–H and O–H groups in total. The highest BCUT2D eigenvalue weighted by Gasteiger charge is 2.48. The number of ether oxygens (including phenoxy) is 3. The summed E-state index contributed by atoms with van der Waals surface area (Å²) in [6.45, 7) is -0.532. The van der Waals surface area contributed by atoms with E-state index in [0.717, 1.165) is 6.26 Å². The number of rotatable bonds is 9. The maximum absolute atomic E-state index is 14.2. The van der Waals surface area contributed by atoms with Crippen LogP contribution in [-0.4, -0.2) is 53.1 Å². The Morgan fingerprint density at radius 2 is 1.26 bits per heavy atom. The van der Waals surface area contributed by atoms with E-state index in [1.54, 1.807) is 0 Å². The van der Waals surface area contributed by atoms with Crippen LogP contribution in [0.25, 0.3) is 0 Å². The Kier molecular flexibility index (Phi) is 8.39. The predicted octanol–water partition coefficient (Wildman–Crippen LogP) is 5.20. The molecule has 10 heteroatoms. The van der Waals surface area contributed by atoms with Crippen molar-refractivity contribution in [1.29, 1.82) is 0 Å². The van der Waals surface area contributed by atoms with Gasteiger partial charge in [-0.1, -0.05) is 91.0 Å². The molecular weight excluding hydrogens is 521 g/mol. The fraction of sp³-hybridized carbons (Fsp3) is 0.286. The second-order valence-electron chi connectivity index (χ2n) is 8.70. The Bertz CT molecular complexity index is 1230. The molecule has 38 heavy (non-hydrogen) atoms. The molecule has 0 spiro atoms. The van der Waals surface area contributed by atoms with Crippen molar-refractivity contribution in [2.24, 2.45) is 0 Å². The van der Waals surface area contributed by atoms with E-state index >= 15 is 0 Å². The molecule has 4 rings (SSSR count). The Balaban J connectivity index is 1.80. The van der Waals surface area contributed by atoms with E-state index < -0.39 is 52.6 Å². The molecule has 6 nitrogen and oxygen atoms in total. The van der Waals surface area contributed by atoms with Gasteiger partial charge in [-0.2, -0.15) is 21.6 Å². The van der Waals surface area contributed by atoms with Gasteiger partial charge in [0, 0.05) is 7.11 Å². The van der Waals surface area contributed by atoms with Gasteiger partial charge < -0.3 is 14.2 Å². The third-order valence-corrected chi connectivity index (χ3v) is 6.67. The lowest BCUT2D eigenvalue weighted by atomic mass is 9.80. The number of alkyl halides is 3. The molecule has 0 unspecified atom stereocenters. The molecule has 3 aromatic carbocycles. The fourth-order valence-corrected chi connectivity index (χ4v) is 5.07. The highest BCUT2D eigenvalue weighted by molar-refractivity contribution is 7.86. The second kappa shape index (κ2) is 11.4. The van der Waals surface area contributed by atoms with Crippen molar-refractivity contribution in [3.63, 3.8) is 0 Å². The van der Waals surface area contributed by atoms with Crippen LogP contribution in [0, 0.1) is 0 Å². The first kappa shape index (κ1) is 28.0. The third kappa shape index (κ3) is 6.16. The minimum atomic E-state index is -4.85. The van der Waals surface area contributed by atoms with E-state index in [1.807, 2.05) is 91.0 Å². The molecule has 1 heterocycles. The quantitative estimate of drug-likeness (QED) is 0.208. The average molecular weight is 549 g/mol. The normalized spacial score (nSPS) is 20.7. The Hall–Kier alpha value is -3.02. The summed E-state index contributed by atoms with van der Waals surface area (Å²) in [7, 11) is -2.91. The topological polar surface area (TPSA) is 71.1 Å². The molecule has 3 atom stereocenters. The molecule has 0 saturated carbocycles. The van der Waals surface area contributed by atoms with Gasteiger partial charge >= 0.3 is 6.18 Å². The molecule has 0 aromatic heterocycles. The molecule has 0 amide bonds. The van der Waals surface area contributed by atoms with Crippen LogP contribution in [0.4, 0.5) is 13.2 Å². The van der Waals surface area contributed by atoms with Crippen molar-refractivity contribution in [3.8, 4) is 0 Å². The molecule has 0 aliphatic carbocycles. The van der Waals surface area contributed by atoms with Crippen molar-refractivity contribution in [2.45, 2.75) is 30.3 Å². The van der Waals surface area contributed by atoms with Gasteiger partial charge in [-0.15, -0.1) is 0 Å². The van der Waals surface area contributed by atoms with Crippen molar-refractivity contribution < 1.29 is 40.0 Å². The minimum absolute atomic E-state index is 0.532. The van der Waals surface area contributed by atoms with Crippen molar-refractivity contribution in [2.75, 3.05) is 20.0 Å². The maximum Gasteiger partial charge on any atom is 0.415 e. The molecular formula is C28H27F3O6S. The van der Waals surface area contributed by atoms with E-state index in [0.29, 0.717) is 22.8 Å². The second-order valence-corrected chi connectivity index (χ2v) is 10.3. The van der Waals surface area contributed by atoms with Gasteiger partial charge in [0.15, 0.2) is 6.29 Å². The van der Waals surface area contributed by atoms with Crippen LogP contribution in [0.15, 0.2) is 103 Å². The van der Waals surface area contributed by atoms with Crippen molar-refractivity contribution in [1.82, 2.24) is 0 Å². The smallest absolute Gasteiger partial charge is 0.358 e. The molecule has 202 valence electrons. The summed E-state index contributed by atoms with van der Waals surface area (Å²) in [6, 6.07) is 27.5. The van der Waals surface area contributed by atoms with Crippen molar-refractivity contribution >= 4 is 10.1 Å². The predicted molar refractivity (Wildman–Crippen MR) is 135 cm³/mol. The van der Waals surface area contributed by atoms with Crippen LogP contribution >= 0.6 is 0 Å². The van der Waals surface area contributed by atoms with Gasteiger partial charge in [0.05, 0.1) is 18.4 Å². The van der Waals surface area contributed by atoms with Gasteiger partial charge in [-0.25, -0.2) is 0 Å². The van der Waals surface area contributed by atoms with Crippen LogP contribution < -0.4 is 0 Å². The largest absolute Gasteiger partial charge is 0.415 e. The molecule has 1 aliphatic rings. The van der Waals surface area contributed by atoms with E-state index in [4.69, 9.17) is 18.4 Å². The van der Waals surface area contributed by atoms with Gasteiger partial charge in [0.2, 0.25) is 0 Å². The first-order valence-electron chi connectivity index (χ1n) is 11.7. The summed E-state index contributed by atoms with van der Waals surface area (Å²) < 4.78 is 87.9. The van der Waals surface area contributed by atoms with Crippen molar-refractivity contribution in [3.05, 3.63) is 119 Å². The molecule has 0 fully saturated rings. The maximum atomic E-state index is 14.2. The van der Waals surface area contributed by atoms with Crippen LogP contribution in [0.2, 0.25) is 0 Å². The number of benzene rings is 3. The minimum Gasteiger partial charge on any atom is -0.358 e. The lowest BCUT2D eigenvalue weighted by Crippen LogP contribution is -2.47. The van der Waals surface area contributed by atoms with Crippen LogP contribution in [0.3, 0.4) is 0 Å². The summed E-state index contributed by atoms with van der Waals surface area (Å²) in [5.74, 6) is 0. The van der Waals surface area contributed by atoms with Crippen LogP contribution in [0.5, 0.6) is 0 Å². The fourth-order valence-electron chi connectivity index (χ4n) is 4.52. The highest BCUT2D eigenvalue weighted by Crippen LogP contribution is 2.42. The van der Waals surface area contributed by atoms with E-state index in [2.05, 4.69) is 0 Å². The van der Waals surface area contributed by atoms with Gasteiger partial charge in [0.25, 0.3) is 10.1 Å². The summed E-state index contributed by atoms with van der Waals surface area (Å²) in [4.78, 5) is 0. The zero-order chi connectivity index (χ0) is 27.4. The van der Waals surface area contributed by atoms with Crippen LogP contribution in [-0.2, 0) is 34.1 Å². The average Bonchev–Trinajstić information content (AvgIpc) is 2.90. The van der Waals surface area contributed by atoms with Gasteiger partial charge in [0.1, 0.15) is 17.8 Å². The molecule has 0 saturated heterocycles. The molecule has 0 bridgehead atoms. The van der Waals surface area contributed by atoms with E-state index in [9.17, 15) is 21.6 Å². The molecule has 3 aromatic rings. The lowest BCUT2D eigenvalue weighted by molar-refractivity contribution is -0.218. The Labute approximate surface area is 219 Å². The zero-order valence-corrected chi connectivity index (χ0v) is 21.5. The third-order valence-electron chi connectivity index (χ3n) is 6.10. The molecule has 0 radical (unpaired) electrons. The first-order valence-corrected chi connectivity index (χ1v) is 13.5. The standard InChI is InChI=1S/C28H27F3O6S/c1-34-26-24(37-38(2,32)33)18-23(28(29,30)31)25(36-26)19-35-27(20-12-6-3-7-13-20,21-14-8-4-9-15-21)22-16-10-5-11-17-22/h3-18,24-26H,19H2,1-2H3/t24-,25-,26+/m1/s1. The number of halogens is 3. The Morgan fingerprint density at radius 1 is 0.816 bits per heavy atom. The summed E-state index contributed by atoms with van der Waals surface area (Å²) in [5.41, 5.74) is -0.304. The number of hydrogen-bond acceptors (Lipinski definition) is 6. The zero-order valence-electron chi connectivity index (χ0n) is 20.7. The summed E-state index contributed by atoms with van der Waals surface area (Å²) in [5, 5.41) is 0. The number of methoxy groups -OCH3 is 1.